The van der Waals surface area contributed by atoms with Crippen molar-refractivity contribution >= 4 is 32.7 Å². The molecule has 0 fully saturated rings. The molecule has 0 atom stereocenters. The fourth-order valence-electron chi connectivity index (χ4n) is 2.17. The van der Waals surface area contributed by atoms with Crippen LogP contribution in [-0.4, -0.2) is 9.55 Å². The van der Waals surface area contributed by atoms with Gasteiger partial charge in [0.05, 0.1) is 11.4 Å². The van der Waals surface area contributed by atoms with E-state index in [2.05, 4.69) is 33.0 Å². The average Bonchev–Trinajstić information content (AvgIpc) is 2.69. The van der Waals surface area contributed by atoms with Gasteiger partial charge in [0, 0.05) is 16.1 Å². The van der Waals surface area contributed by atoms with Crippen LogP contribution in [0.25, 0.3) is 16.5 Å². The van der Waals surface area contributed by atoms with E-state index in [0.29, 0.717) is 5.95 Å². The van der Waals surface area contributed by atoms with Gasteiger partial charge < -0.3 is 5.73 Å². The number of anilines is 1. The van der Waals surface area contributed by atoms with Gasteiger partial charge in [-0.3, -0.25) is 4.57 Å². The van der Waals surface area contributed by atoms with Gasteiger partial charge in [0.15, 0.2) is 0 Å². The van der Waals surface area contributed by atoms with E-state index in [9.17, 15) is 0 Å². The molecule has 2 aromatic carbocycles. The van der Waals surface area contributed by atoms with Gasteiger partial charge in [0.25, 0.3) is 0 Å². The molecule has 1 heterocycles. The first-order valence-electron chi connectivity index (χ1n) is 5.66. The molecule has 3 aromatic rings. The maximum Gasteiger partial charge on any atom is 0.205 e. The third kappa shape index (κ3) is 1.69. The molecule has 18 heavy (non-hydrogen) atoms. The summed E-state index contributed by atoms with van der Waals surface area (Å²) in [6.45, 7) is 1.94. The summed E-state index contributed by atoms with van der Waals surface area (Å²) < 4.78 is 3.00. The number of hydrogen-bond donors (Lipinski definition) is 1. The molecule has 1 aromatic heterocycles. The van der Waals surface area contributed by atoms with Crippen molar-refractivity contribution in [2.24, 2.45) is 0 Å². The van der Waals surface area contributed by atoms with Gasteiger partial charge in [-0.05, 0) is 24.4 Å². The number of imidazole rings is 1. The monoisotopic (exact) mass is 301 g/mol. The summed E-state index contributed by atoms with van der Waals surface area (Å²) in [5, 5.41) is 2.32. The molecule has 0 unspecified atom stereocenters. The minimum Gasteiger partial charge on any atom is -0.369 e. The lowest BCUT2D eigenvalue weighted by molar-refractivity contribution is 1.09. The summed E-state index contributed by atoms with van der Waals surface area (Å²) in [4.78, 5) is 4.25. The second-order valence-corrected chi connectivity index (χ2v) is 5.08. The second kappa shape index (κ2) is 4.14. The summed E-state index contributed by atoms with van der Waals surface area (Å²) >= 11 is 3.57. The van der Waals surface area contributed by atoms with E-state index in [1.54, 1.807) is 0 Å². The molecule has 3 rings (SSSR count). The molecule has 0 spiro atoms. The number of halogens is 1. The molecule has 0 aliphatic rings. The van der Waals surface area contributed by atoms with Crippen LogP contribution in [-0.2, 0) is 0 Å². The van der Waals surface area contributed by atoms with Crippen LogP contribution in [0.2, 0.25) is 0 Å². The zero-order chi connectivity index (χ0) is 12.7. The second-order valence-electron chi connectivity index (χ2n) is 4.22. The lowest BCUT2D eigenvalue weighted by Crippen LogP contribution is -2.00. The summed E-state index contributed by atoms with van der Waals surface area (Å²) in [6.07, 6.45) is 1.95. The van der Waals surface area contributed by atoms with Gasteiger partial charge in [-0.2, -0.15) is 0 Å². The fraction of sp³-hybridized carbons (Fsp3) is 0.0714. The third-order valence-electron chi connectivity index (χ3n) is 2.96. The summed E-state index contributed by atoms with van der Waals surface area (Å²) in [5.41, 5.74) is 7.91. The quantitative estimate of drug-likeness (QED) is 0.745. The Hall–Kier alpha value is -1.81. The van der Waals surface area contributed by atoms with E-state index in [-0.39, 0.29) is 0 Å². The zero-order valence-corrected chi connectivity index (χ0v) is 11.5. The summed E-state index contributed by atoms with van der Waals surface area (Å²) in [7, 11) is 0. The van der Waals surface area contributed by atoms with Crippen molar-refractivity contribution in [1.82, 2.24) is 9.55 Å². The van der Waals surface area contributed by atoms with Crippen LogP contribution >= 0.6 is 15.9 Å². The van der Waals surface area contributed by atoms with Crippen molar-refractivity contribution < 1.29 is 0 Å². The molecule has 0 saturated carbocycles. The van der Waals surface area contributed by atoms with Crippen LogP contribution in [0.3, 0.4) is 0 Å². The molecule has 0 bridgehead atoms. The van der Waals surface area contributed by atoms with Crippen molar-refractivity contribution in [1.29, 1.82) is 0 Å². The van der Waals surface area contributed by atoms with E-state index in [4.69, 9.17) is 5.73 Å². The molecule has 0 amide bonds. The average molecular weight is 302 g/mol. The van der Waals surface area contributed by atoms with E-state index < -0.39 is 0 Å². The summed E-state index contributed by atoms with van der Waals surface area (Å²) in [5.74, 6) is 0.514. The lowest BCUT2D eigenvalue weighted by atomic mass is 10.1. The van der Waals surface area contributed by atoms with Gasteiger partial charge in [-0.25, -0.2) is 4.98 Å². The normalized spacial score (nSPS) is 11.0. The van der Waals surface area contributed by atoms with Crippen LogP contribution < -0.4 is 5.73 Å². The lowest BCUT2D eigenvalue weighted by Gasteiger charge is -2.10. The number of nitrogens with two attached hydrogens (primary N) is 1. The largest absolute Gasteiger partial charge is 0.369 e. The van der Waals surface area contributed by atoms with E-state index in [1.807, 2.05) is 42.0 Å². The Morgan fingerprint density at radius 3 is 2.50 bits per heavy atom. The van der Waals surface area contributed by atoms with Crippen LogP contribution in [0, 0.1) is 6.92 Å². The van der Waals surface area contributed by atoms with Crippen molar-refractivity contribution in [2.75, 3.05) is 5.73 Å². The highest BCUT2D eigenvalue weighted by Gasteiger charge is 2.09. The van der Waals surface area contributed by atoms with Gasteiger partial charge in [-0.1, -0.05) is 40.2 Å². The van der Waals surface area contributed by atoms with Gasteiger partial charge in [0.2, 0.25) is 5.95 Å². The van der Waals surface area contributed by atoms with Crippen LogP contribution in [0.1, 0.15) is 5.69 Å². The van der Waals surface area contributed by atoms with Crippen molar-refractivity contribution in [3.05, 3.63) is 52.8 Å². The highest BCUT2D eigenvalue weighted by atomic mass is 79.9. The Labute approximate surface area is 113 Å². The zero-order valence-electron chi connectivity index (χ0n) is 9.89. The van der Waals surface area contributed by atoms with Crippen molar-refractivity contribution in [3.63, 3.8) is 0 Å². The first-order chi connectivity index (χ1) is 8.66. The van der Waals surface area contributed by atoms with E-state index in [0.717, 1.165) is 21.2 Å². The molecular weight excluding hydrogens is 290 g/mol. The Morgan fingerprint density at radius 1 is 1.11 bits per heavy atom. The molecule has 0 aliphatic heterocycles. The number of aromatic nitrogens is 2. The number of nitrogens with zero attached hydrogens (tertiary/aromatic N) is 2. The topological polar surface area (TPSA) is 43.8 Å². The highest BCUT2D eigenvalue weighted by Crippen LogP contribution is 2.30. The van der Waals surface area contributed by atoms with Crippen LogP contribution in [0.4, 0.5) is 5.95 Å². The standard InChI is InChI=1S/C14H12BrN3/c1-9-8-18(14(16)17-9)13-7-6-12(15)10-4-2-3-5-11(10)13/h2-8H,1H3,(H2,16,17). The summed E-state index contributed by atoms with van der Waals surface area (Å²) in [6, 6.07) is 12.3. The van der Waals surface area contributed by atoms with Crippen LogP contribution in [0.15, 0.2) is 47.1 Å². The number of fused-ring (bicyclic) bond motifs is 1. The Kier molecular flexibility index (Phi) is 2.59. The molecule has 0 radical (unpaired) electrons. The number of aryl methyl sites for hydroxylation is 1. The Morgan fingerprint density at radius 2 is 1.83 bits per heavy atom. The highest BCUT2D eigenvalue weighted by molar-refractivity contribution is 9.10. The van der Waals surface area contributed by atoms with Crippen LogP contribution in [0.5, 0.6) is 0 Å². The van der Waals surface area contributed by atoms with Gasteiger partial charge in [-0.15, -0.1) is 0 Å². The molecule has 0 saturated heterocycles. The number of rotatable bonds is 1. The smallest absolute Gasteiger partial charge is 0.205 e. The molecule has 0 aliphatic carbocycles. The maximum absolute atomic E-state index is 5.94. The van der Waals surface area contributed by atoms with Crippen molar-refractivity contribution in [2.45, 2.75) is 6.92 Å². The third-order valence-corrected chi connectivity index (χ3v) is 3.65. The maximum atomic E-state index is 5.94. The minimum atomic E-state index is 0.514. The number of nitrogen functional groups attached to an aromatic ring is 1. The number of hydrogen-bond acceptors (Lipinski definition) is 2. The minimum absolute atomic E-state index is 0.514. The van der Waals surface area contributed by atoms with Gasteiger partial charge in [0.1, 0.15) is 0 Å². The Balaban J connectivity index is 2.37. The molecule has 3 nitrogen and oxygen atoms in total. The fourth-order valence-corrected chi connectivity index (χ4v) is 2.64. The Bertz CT molecular complexity index is 731. The molecule has 90 valence electrons. The molecule has 4 heteroatoms. The SMILES string of the molecule is Cc1cn(-c2ccc(Br)c3ccccc23)c(N)n1. The number of benzene rings is 2. The molecular formula is C14H12BrN3. The first-order valence-corrected chi connectivity index (χ1v) is 6.45. The first kappa shape index (κ1) is 11.3. The predicted molar refractivity (Wildman–Crippen MR) is 77.9 cm³/mol. The van der Waals surface area contributed by atoms with E-state index >= 15 is 0 Å². The van der Waals surface area contributed by atoms with Gasteiger partial charge >= 0.3 is 0 Å². The predicted octanol–water partition coefficient (Wildman–Crippen LogP) is 3.68. The molecule has 2 N–H and O–H groups in total. The van der Waals surface area contributed by atoms with E-state index in [1.165, 1.54) is 5.39 Å². The van der Waals surface area contributed by atoms with Crippen molar-refractivity contribution in [3.8, 4) is 5.69 Å².